The fourth-order valence-corrected chi connectivity index (χ4v) is 1.44. The molecule has 0 heterocycles. The molecular formula is C12H16O3. The van der Waals surface area contributed by atoms with Crippen LogP contribution in [0.15, 0.2) is 24.3 Å². The van der Waals surface area contributed by atoms with Gasteiger partial charge in [-0.05, 0) is 31.0 Å². The third kappa shape index (κ3) is 2.12. The maximum atomic E-state index is 11.2. The molecule has 1 atom stereocenters. The van der Waals surface area contributed by atoms with Crippen LogP contribution in [0.2, 0.25) is 0 Å². The first kappa shape index (κ1) is 11.6. The molecule has 0 amide bonds. The van der Waals surface area contributed by atoms with E-state index in [1.165, 1.54) is 0 Å². The highest BCUT2D eigenvalue weighted by molar-refractivity contribution is 5.80. The Balaban J connectivity index is 3.08. The van der Waals surface area contributed by atoms with Crippen molar-refractivity contribution in [3.63, 3.8) is 0 Å². The van der Waals surface area contributed by atoms with Crippen LogP contribution in [0.25, 0.3) is 0 Å². The lowest BCUT2D eigenvalue weighted by Gasteiger charge is -2.23. The number of ether oxygens (including phenoxy) is 1. The molecule has 1 rings (SSSR count). The summed E-state index contributed by atoms with van der Waals surface area (Å²) in [5.41, 5.74) is -0.00924. The van der Waals surface area contributed by atoms with E-state index >= 15 is 0 Å². The minimum atomic E-state index is -0.813. The van der Waals surface area contributed by atoms with Crippen molar-refractivity contribution in [3.8, 4) is 5.75 Å². The van der Waals surface area contributed by atoms with Gasteiger partial charge in [-0.25, -0.2) is 0 Å². The zero-order valence-electron chi connectivity index (χ0n) is 9.28. The molecule has 3 nitrogen and oxygen atoms in total. The fraction of sp³-hybridized carbons (Fsp3) is 0.417. The second-order valence-electron chi connectivity index (χ2n) is 3.72. The van der Waals surface area contributed by atoms with Crippen LogP contribution in [0.4, 0.5) is 0 Å². The molecule has 1 aromatic carbocycles. The monoisotopic (exact) mass is 208 g/mol. The van der Waals surface area contributed by atoms with E-state index in [1.54, 1.807) is 38.3 Å². The summed E-state index contributed by atoms with van der Waals surface area (Å²) in [5.74, 6) is -0.0576. The van der Waals surface area contributed by atoms with Gasteiger partial charge in [0, 0.05) is 0 Å². The standard InChI is InChI=1S/C12H16O3/c1-4-12(2,11(13)14)9-5-7-10(15-3)8-6-9/h5-8H,4H2,1-3H3,(H,13,14). The zero-order chi connectivity index (χ0) is 11.5. The molecule has 3 heteroatoms. The van der Waals surface area contributed by atoms with Gasteiger partial charge < -0.3 is 9.84 Å². The number of carbonyl (C=O) groups is 1. The molecule has 15 heavy (non-hydrogen) atoms. The van der Waals surface area contributed by atoms with Crippen molar-refractivity contribution in [2.45, 2.75) is 25.7 Å². The van der Waals surface area contributed by atoms with Crippen LogP contribution in [0.5, 0.6) is 5.75 Å². The van der Waals surface area contributed by atoms with Gasteiger partial charge in [0.2, 0.25) is 0 Å². The van der Waals surface area contributed by atoms with Crippen molar-refractivity contribution in [1.82, 2.24) is 0 Å². The number of benzene rings is 1. The largest absolute Gasteiger partial charge is 0.497 e. The Bertz CT molecular complexity index is 342. The van der Waals surface area contributed by atoms with E-state index in [9.17, 15) is 9.90 Å². The van der Waals surface area contributed by atoms with Crippen LogP contribution in [-0.4, -0.2) is 18.2 Å². The molecule has 1 unspecified atom stereocenters. The van der Waals surface area contributed by atoms with Crippen molar-refractivity contribution in [2.24, 2.45) is 0 Å². The lowest BCUT2D eigenvalue weighted by atomic mass is 9.80. The number of aliphatic carboxylic acids is 1. The number of rotatable bonds is 4. The van der Waals surface area contributed by atoms with E-state index in [-0.39, 0.29) is 0 Å². The van der Waals surface area contributed by atoms with E-state index < -0.39 is 11.4 Å². The van der Waals surface area contributed by atoms with E-state index in [0.29, 0.717) is 6.42 Å². The summed E-state index contributed by atoms with van der Waals surface area (Å²) in [5, 5.41) is 9.18. The van der Waals surface area contributed by atoms with Crippen LogP contribution in [0.1, 0.15) is 25.8 Å². The zero-order valence-corrected chi connectivity index (χ0v) is 9.28. The summed E-state index contributed by atoms with van der Waals surface area (Å²) in [6, 6.07) is 7.17. The lowest BCUT2D eigenvalue weighted by Crippen LogP contribution is -2.31. The Kier molecular flexibility index (Phi) is 3.35. The van der Waals surface area contributed by atoms with Gasteiger partial charge in [0.15, 0.2) is 0 Å². The second kappa shape index (κ2) is 4.34. The summed E-state index contributed by atoms with van der Waals surface area (Å²) < 4.78 is 5.03. The van der Waals surface area contributed by atoms with Crippen molar-refractivity contribution in [2.75, 3.05) is 7.11 Å². The first-order valence-electron chi connectivity index (χ1n) is 4.92. The first-order valence-corrected chi connectivity index (χ1v) is 4.92. The lowest BCUT2D eigenvalue weighted by molar-refractivity contribution is -0.143. The average molecular weight is 208 g/mol. The topological polar surface area (TPSA) is 46.5 Å². The van der Waals surface area contributed by atoms with Crippen molar-refractivity contribution in [3.05, 3.63) is 29.8 Å². The normalized spacial score (nSPS) is 14.3. The molecule has 0 saturated heterocycles. The molecule has 1 N–H and O–H groups in total. The highest BCUT2D eigenvalue weighted by atomic mass is 16.5. The third-order valence-electron chi connectivity index (χ3n) is 2.91. The number of hydrogen-bond acceptors (Lipinski definition) is 2. The molecular weight excluding hydrogens is 192 g/mol. The van der Waals surface area contributed by atoms with Crippen molar-refractivity contribution in [1.29, 1.82) is 0 Å². The Morgan fingerprint density at radius 3 is 2.27 bits per heavy atom. The van der Waals surface area contributed by atoms with Gasteiger partial charge in [0.25, 0.3) is 0 Å². The van der Waals surface area contributed by atoms with E-state index in [0.717, 1.165) is 11.3 Å². The molecule has 0 fully saturated rings. The minimum Gasteiger partial charge on any atom is -0.497 e. The minimum absolute atomic E-state index is 0.564. The molecule has 0 aliphatic heterocycles. The van der Waals surface area contributed by atoms with Crippen LogP contribution >= 0.6 is 0 Å². The first-order chi connectivity index (χ1) is 7.04. The van der Waals surface area contributed by atoms with Crippen molar-refractivity contribution < 1.29 is 14.6 Å². The number of methoxy groups -OCH3 is 1. The van der Waals surface area contributed by atoms with Crippen LogP contribution < -0.4 is 4.74 Å². The molecule has 82 valence electrons. The maximum Gasteiger partial charge on any atom is 0.313 e. The Morgan fingerprint density at radius 2 is 1.93 bits per heavy atom. The third-order valence-corrected chi connectivity index (χ3v) is 2.91. The van der Waals surface area contributed by atoms with Crippen LogP contribution in [0.3, 0.4) is 0 Å². The predicted molar refractivity (Wildman–Crippen MR) is 58.3 cm³/mol. The van der Waals surface area contributed by atoms with Crippen LogP contribution in [-0.2, 0) is 10.2 Å². The molecule has 0 radical (unpaired) electrons. The highest BCUT2D eigenvalue weighted by Crippen LogP contribution is 2.29. The van der Waals surface area contributed by atoms with Gasteiger partial charge in [0.1, 0.15) is 5.75 Å². The van der Waals surface area contributed by atoms with Gasteiger partial charge in [-0.3, -0.25) is 4.79 Å². The highest BCUT2D eigenvalue weighted by Gasteiger charge is 2.32. The fourth-order valence-electron chi connectivity index (χ4n) is 1.44. The summed E-state index contributed by atoms with van der Waals surface area (Å²) in [4.78, 5) is 11.2. The summed E-state index contributed by atoms with van der Waals surface area (Å²) in [6.07, 6.45) is 0.564. The molecule has 0 bridgehead atoms. The van der Waals surface area contributed by atoms with Crippen molar-refractivity contribution >= 4 is 5.97 Å². The van der Waals surface area contributed by atoms with E-state index in [2.05, 4.69) is 0 Å². The number of hydrogen-bond donors (Lipinski definition) is 1. The Labute approximate surface area is 89.7 Å². The average Bonchev–Trinajstić information content (AvgIpc) is 2.28. The molecule has 0 aliphatic rings. The number of carboxylic acids is 1. The Morgan fingerprint density at radius 1 is 1.40 bits per heavy atom. The van der Waals surface area contributed by atoms with E-state index in [1.807, 2.05) is 6.92 Å². The second-order valence-corrected chi connectivity index (χ2v) is 3.72. The molecule has 0 spiro atoms. The van der Waals surface area contributed by atoms with Crippen LogP contribution in [0, 0.1) is 0 Å². The molecule has 1 aromatic rings. The summed E-state index contributed by atoms with van der Waals surface area (Å²) >= 11 is 0. The summed E-state index contributed by atoms with van der Waals surface area (Å²) in [6.45, 7) is 3.61. The van der Waals surface area contributed by atoms with Gasteiger partial charge in [-0.15, -0.1) is 0 Å². The molecule has 0 aromatic heterocycles. The summed E-state index contributed by atoms with van der Waals surface area (Å²) in [7, 11) is 1.59. The smallest absolute Gasteiger partial charge is 0.313 e. The van der Waals surface area contributed by atoms with E-state index in [4.69, 9.17) is 4.74 Å². The predicted octanol–water partition coefficient (Wildman–Crippen LogP) is 2.45. The SMILES string of the molecule is CCC(C)(C(=O)O)c1ccc(OC)cc1. The quantitative estimate of drug-likeness (QED) is 0.826. The Hall–Kier alpha value is -1.51. The molecule has 0 saturated carbocycles. The van der Waals surface area contributed by atoms with Gasteiger partial charge in [0.05, 0.1) is 12.5 Å². The van der Waals surface area contributed by atoms with Gasteiger partial charge >= 0.3 is 5.97 Å². The van der Waals surface area contributed by atoms with Gasteiger partial charge in [-0.2, -0.15) is 0 Å². The maximum absolute atomic E-state index is 11.2. The number of carboxylic acid groups (broad SMARTS) is 1. The molecule has 0 aliphatic carbocycles. The van der Waals surface area contributed by atoms with Gasteiger partial charge in [-0.1, -0.05) is 19.1 Å².